The number of rotatable bonds is 4. The van der Waals surface area contributed by atoms with Crippen LogP contribution < -0.4 is 14.2 Å². The summed E-state index contributed by atoms with van der Waals surface area (Å²) in [6.45, 7) is 1.33. The second kappa shape index (κ2) is 5.45. The third-order valence-corrected chi connectivity index (χ3v) is 4.90. The van der Waals surface area contributed by atoms with Crippen LogP contribution in [-0.4, -0.2) is 52.1 Å². The molecule has 1 aromatic carbocycles. The van der Waals surface area contributed by atoms with E-state index in [9.17, 15) is 13.5 Å². The summed E-state index contributed by atoms with van der Waals surface area (Å²) in [5.41, 5.74) is -1.14. The maximum atomic E-state index is 12.3. The van der Waals surface area contributed by atoms with Crippen LogP contribution in [-0.2, 0) is 14.8 Å². The SMILES string of the molecule is O=S(=O)(NC[C@]1(O)CCOC1)c1ccc2c(c1)OCCO2. The minimum absolute atomic E-state index is 0.0780. The van der Waals surface area contributed by atoms with E-state index in [4.69, 9.17) is 14.2 Å². The summed E-state index contributed by atoms with van der Waals surface area (Å²) in [7, 11) is -3.72. The maximum absolute atomic E-state index is 12.3. The number of fused-ring (bicyclic) bond motifs is 1. The van der Waals surface area contributed by atoms with Crippen molar-refractivity contribution in [3.63, 3.8) is 0 Å². The number of aliphatic hydroxyl groups is 1. The first-order valence-corrected chi connectivity index (χ1v) is 8.16. The largest absolute Gasteiger partial charge is 0.486 e. The van der Waals surface area contributed by atoms with Gasteiger partial charge in [-0.25, -0.2) is 13.1 Å². The highest BCUT2D eigenvalue weighted by atomic mass is 32.2. The van der Waals surface area contributed by atoms with Gasteiger partial charge in [-0.3, -0.25) is 0 Å². The molecule has 1 atom stereocenters. The number of sulfonamides is 1. The summed E-state index contributed by atoms with van der Waals surface area (Å²) in [4.78, 5) is 0.0780. The van der Waals surface area contributed by atoms with Crippen molar-refractivity contribution >= 4 is 10.0 Å². The molecule has 3 rings (SSSR count). The molecule has 0 saturated carbocycles. The molecule has 21 heavy (non-hydrogen) atoms. The Kier molecular flexibility index (Phi) is 3.78. The van der Waals surface area contributed by atoms with Gasteiger partial charge in [0.25, 0.3) is 0 Å². The van der Waals surface area contributed by atoms with Crippen LogP contribution in [0.2, 0.25) is 0 Å². The molecule has 7 nitrogen and oxygen atoms in total. The van der Waals surface area contributed by atoms with Gasteiger partial charge in [0.2, 0.25) is 10.0 Å². The van der Waals surface area contributed by atoms with Gasteiger partial charge >= 0.3 is 0 Å². The highest BCUT2D eigenvalue weighted by Crippen LogP contribution is 2.32. The van der Waals surface area contributed by atoms with Crippen molar-refractivity contribution in [2.24, 2.45) is 0 Å². The van der Waals surface area contributed by atoms with Crippen LogP contribution in [0.1, 0.15) is 6.42 Å². The smallest absolute Gasteiger partial charge is 0.240 e. The van der Waals surface area contributed by atoms with Gasteiger partial charge in [0, 0.05) is 25.6 Å². The minimum atomic E-state index is -3.72. The van der Waals surface area contributed by atoms with Gasteiger partial charge in [-0.15, -0.1) is 0 Å². The second-order valence-corrected chi connectivity index (χ2v) is 6.92. The molecule has 0 radical (unpaired) electrons. The average Bonchev–Trinajstić information content (AvgIpc) is 2.92. The minimum Gasteiger partial charge on any atom is -0.486 e. The molecule has 0 unspecified atom stereocenters. The van der Waals surface area contributed by atoms with Gasteiger partial charge < -0.3 is 19.3 Å². The Morgan fingerprint density at radius 3 is 2.67 bits per heavy atom. The number of ether oxygens (including phenoxy) is 3. The monoisotopic (exact) mass is 315 g/mol. The lowest BCUT2D eigenvalue weighted by Crippen LogP contribution is -2.43. The highest BCUT2D eigenvalue weighted by Gasteiger charge is 2.33. The van der Waals surface area contributed by atoms with Crippen LogP contribution in [0.4, 0.5) is 0 Å². The molecule has 0 spiro atoms. The third kappa shape index (κ3) is 3.13. The predicted octanol–water partition coefficient (Wildman–Crippen LogP) is -0.113. The summed E-state index contributed by atoms with van der Waals surface area (Å²) in [6.07, 6.45) is 0.413. The number of hydrogen-bond donors (Lipinski definition) is 2. The fourth-order valence-electron chi connectivity index (χ4n) is 2.24. The Morgan fingerprint density at radius 2 is 1.95 bits per heavy atom. The Hall–Kier alpha value is -1.35. The van der Waals surface area contributed by atoms with Gasteiger partial charge in [0.1, 0.15) is 18.8 Å². The van der Waals surface area contributed by atoms with Crippen molar-refractivity contribution in [3.05, 3.63) is 18.2 Å². The normalized spacial score (nSPS) is 25.0. The molecule has 2 aliphatic rings. The van der Waals surface area contributed by atoms with E-state index in [-0.39, 0.29) is 18.0 Å². The molecule has 2 N–H and O–H groups in total. The van der Waals surface area contributed by atoms with Gasteiger partial charge in [-0.05, 0) is 12.1 Å². The molecule has 2 aliphatic heterocycles. The van der Waals surface area contributed by atoms with Crippen molar-refractivity contribution in [1.82, 2.24) is 4.72 Å². The van der Waals surface area contributed by atoms with Gasteiger partial charge in [-0.2, -0.15) is 0 Å². The summed E-state index contributed by atoms with van der Waals surface area (Å²) in [5.74, 6) is 0.940. The third-order valence-electron chi connectivity index (χ3n) is 3.50. The Labute approximate surface area is 122 Å². The second-order valence-electron chi connectivity index (χ2n) is 5.16. The quantitative estimate of drug-likeness (QED) is 0.805. The summed E-state index contributed by atoms with van der Waals surface area (Å²) in [6, 6.07) is 4.44. The van der Waals surface area contributed by atoms with Crippen molar-refractivity contribution in [1.29, 1.82) is 0 Å². The van der Waals surface area contributed by atoms with E-state index < -0.39 is 15.6 Å². The number of hydrogen-bond acceptors (Lipinski definition) is 6. The topological polar surface area (TPSA) is 94.1 Å². The molecule has 8 heteroatoms. The van der Waals surface area contributed by atoms with Gasteiger partial charge in [0.15, 0.2) is 11.5 Å². The molecule has 116 valence electrons. The molecule has 1 fully saturated rings. The first kappa shape index (κ1) is 14.6. The van der Waals surface area contributed by atoms with E-state index in [1.165, 1.54) is 12.1 Å². The van der Waals surface area contributed by atoms with E-state index in [0.29, 0.717) is 37.7 Å². The zero-order chi connectivity index (χ0) is 14.9. The predicted molar refractivity (Wildman–Crippen MR) is 73.0 cm³/mol. The summed E-state index contributed by atoms with van der Waals surface area (Å²) < 4.78 is 42.7. The van der Waals surface area contributed by atoms with Crippen LogP contribution in [0.15, 0.2) is 23.1 Å². The van der Waals surface area contributed by atoms with E-state index in [0.717, 1.165) is 0 Å². The number of benzene rings is 1. The molecule has 0 bridgehead atoms. The zero-order valence-electron chi connectivity index (χ0n) is 11.4. The maximum Gasteiger partial charge on any atom is 0.240 e. The van der Waals surface area contributed by atoms with E-state index in [2.05, 4.69) is 4.72 Å². The average molecular weight is 315 g/mol. The molecule has 0 aromatic heterocycles. The first-order chi connectivity index (χ1) is 9.99. The molecule has 2 heterocycles. The van der Waals surface area contributed by atoms with E-state index in [1.807, 2.05) is 0 Å². The van der Waals surface area contributed by atoms with Crippen LogP contribution in [0.3, 0.4) is 0 Å². The molecule has 1 aromatic rings. The van der Waals surface area contributed by atoms with Crippen molar-refractivity contribution in [2.75, 3.05) is 33.0 Å². The van der Waals surface area contributed by atoms with Crippen LogP contribution in [0.25, 0.3) is 0 Å². The Balaban J connectivity index is 1.75. The Bertz CT molecular complexity index is 624. The summed E-state index contributed by atoms with van der Waals surface area (Å²) >= 11 is 0. The number of nitrogens with one attached hydrogen (secondary N) is 1. The fraction of sp³-hybridized carbons (Fsp3) is 0.538. The first-order valence-electron chi connectivity index (χ1n) is 6.68. The molecule has 0 aliphatic carbocycles. The summed E-state index contributed by atoms with van der Waals surface area (Å²) in [5, 5.41) is 10.1. The lowest BCUT2D eigenvalue weighted by Gasteiger charge is -2.21. The Morgan fingerprint density at radius 1 is 1.19 bits per heavy atom. The molecule has 0 amide bonds. The van der Waals surface area contributed by atoms with Crippen LogP contribution in [0, 0.1) is 0 Å². The highest BCUT2D eigenvalue weighted by molar-refractivity contribution is 7.89. The van der Waals surface area contributed by atoms with Crippen LogP contribution >= 0.6 is 0 Å². The van der Waals surface area contributed by atoms with Crippen molar-refractivity contribution in [3.8, 4) is 11.5 Å². The fourth-order valence-corrected chi connectivity index (χ4v) is 3.37. The van der Waals surface area contributed by atoms with Crippen molar-refractivity contribution in [2.45, 2.75) is 16.9 Å². The molecule has 1 saturated heterocycles. The molecular weight excluding hydrogens is 298 g/mol. The van der Waals surface area contributed by atoms with E-state index >= 15 is 0 Å². The standard InChI is InChI=1S/C13H17NO6S/c15-13(3-4-18-9-13)8-14-21(16,17)10-1-2-11-12(7-10)20-6-5-19-11/h1-2,7,14-15H,3-6,8-9H2/t13-/m1/s1. The van der Waals surface area contributed by atoms with Crippen molar-refractivity contribution < 1.29 is 27.7 Å². The van der Waals surface area contributed by atoms with Crippen LogP contribution in [0.5, 0.6) is 11.5 Å². The lowest BCUT2D eigenvalue weighted by atomic mass is 10.1. The van der Waals surface area contributed by atoms with Gasteiger partial charge in [0.05, 0.1) is 11.5 Å². The van der Waals surface area contributed by atoms with E-state index in [1.54, 1.807) is 6.07 Å². The van der Waals surface area contributed by atoms with Gasteiger partial charge in [-0.1, -0.05) is 0 Å². The lowest BCUT2D eigenvalue weighted by molar-refractivity contribution is 0.0314. The zero-order valence-corrected chi connectivity index (χ0v) is 12.2. The molecular formula is C13H17NO6S.